The van der Waals surface area contributed by atoms with Gasteiger partial charge in [-0.25, -0.2) is 15.0 Å². The number of piperidine rings is 1. The number of H-pyrrole nitrogens is 1. The summed E-state index contributed by atoms with van der Waals surface area (Å²) in [5.74, 6) is -0.372. The molecule has 3 N–H and O–H groups in total. The number of anilines is 3. The molecule has 0 atom stereocenters. The van der Waals surface area contributed by atoms with Gasteiger partial charge in [0.2, 0.25) is 11.9 Å². The minimum atomic E-state index is -3.02. The Morgan fingerprint density at radius 2 is 1.98 bits per heavy atom. The number of alkyl halides is 2. The molecular formula is C28H25ClF2N8O2. The third-order valence-corrected chi connectivity index (χ3v) is 7.46. The molecule has 10 nitrogen and oxygen atoms in total. The summed E-state index contributed by atoms with van der Waals surface area (Å²) < 4.78 is 27.7. The van der Waals surface area contributed by atoms with Gasteiger partial charge in [-0.1, -0.05) is 18.2 Å². The summed E-state index contributed by atoms with van der Waals surface area (Å²) in [6.07, 6.45) is 7.39. The largest absolute Gasteiger partial charge is 0.351 e. The minimum absolute atomic E-state index is 0.0148. The van der Waals surface area contributed by atoms with Crippen molar-refractivity contribution in [1.29, 1.82) is 0 Å². The fourth-order valence-electron chi connectivity index (χ4n) is 4.96. The number of aromatic amines is 1. The highest BCUT2D eigenvalue weighted by Gasteiger charge is 2.55. The SMILES string of the molecule is C=CC(=O)Nc1ccc(C(=O)N2CCC(Nc3ncc(Cl)c(-c4c[nH]c5ncccc45)n3)CC2)cc1N1CC1(F)F. The standard InChI is InChI=1S/C28H25ClF2N8O2/c1-2-23(40)36-21-6-5-16(12-22(21)39-15-28(39,30)31)26(41)38-10-7-17(8-11-38)35-27-34-14-20(29)24(37-27)19-13-33-25-18(19)4-3-9-32-25/h2-6,9,12-14,17H,1,7-8,10-11,15H2,(H,32,33)(H,36,40)(H,34,35,37). The molecule has 2 saturated heterocycles. The van der Waals surface area contributed by atoms with Gasteiger partial charge in [0.25, 0.3) is 5.91 Å². The fourth-order valence-corrected chi connectivity index (χ4v) is 5.16. The molecule has 2 aliphatic rings. The number of fused-ring (bicyclic) bond motifs is 1. The molecule has 4 aromatic rings. The van der Waals surface area contributed by atoms with E-state index in [-0.39, 0.29) is 28.9 Å². The third kappa shape index (κ3) is 5.30. The van der Waals surface area contributed by atoms with Crippen LogP contribution in [0.15, 0.2) is 61.6 Å². The minimum Gasteiger partial charge on any atom is -0.351 e. The van der Waals surface area contributed by atoms with Crippen LogP contribution < -0.4 is 15.5 Å². The number of nitrogens with one attached hydrogen (secondary N) is 3. The van der Waals surface area contributed by atoms with E-state index in [0.717, 1.165) is 27.6 Å². The number of carbonyl (C=O) groups is 2. The van der Waals surface area contributed by atoms with E-state index in [0.29, 0.717) is 42.6 Å². The summed E-state index contributed by atoms with van der Waals surface area (Å²) in [6, 6.07) is 5.17. The average molecular weight is 579 g/mol. The lowest BCUT2D eigenvalue weighted by molar-refractivity contribution is -0.111. The van der Waals surface area contributed by atoms with Gasteiger partial charge in [0, 0.05) is 48.0 Å². The first kappa shape index (κ1) is 26.6. The molecule has 2 amide bonds. The molecule has 0 aliphatic carbocycles. The van der Waals surface area contributed by atoms with Crippen molar-refractivity contribution in [2.24, 2.45) is 0 Å². The Morgan fingerprint density at radius 1 is 1.20 bits per heavy atom. The molecule has 5 heterocycles. The molecule has 3 aromatic heterocycles. The normalized spacial score (nSPS) is 16.5. The van der Waals surface area contributed by atoms with Crippen LogP contribution in [0.25, 0.3) is 22.3 Å². The quantitative estimate of drug-likeness (QED) is 0.162. The third-order valence-electron chi connectivity index (χ3n) is 7.18. The van der Waals surface area contributed by atoms with E-state index in [1.165, 1.54) is 18.2 Å². The zero-order chi connectivity index (χ0) is 28.7. The van der Waals surface area contributed by atoms with Crippen molar-refractivity contribution in [1.82, 2.24) is 24.8 Å². The fraction of sp³-hybridized carbons (Fsp3) is 0.250. The maximum Gasteiger partial charge on any atom is 0.343 e. The average Bonchev–Trinajstić information content (AvgIpc) is 3.41. The smallest absolute Gasteiger partial charge is 0.343 e. The summed E-state index contributed by atoms with van der Waals surface area (Å²) in [5, 5.41) is 7.18. The van der Waals surface area contributed by atoms with Crippen molar-refractivity contribution in [3.8, 4) is 11.3 Å². The molecule has 6 rings (SSSR count). The second kappa shape index (κ2) is 10.4. The van der Waals surface area contributed by atoms with Crippen LogP contribution in [0.2, 0.25) is 5.02 Å². The Kier molecular flexibility index (Phi) is 6.78. The predicted octanol–water partition coefficient (Wildman–Crippen LogP) is 4.93. The molecule has 2 fully saturated rings. The van der Waals surface area contributed by atoms with Crippen LogP contribution in [0.5, 0.6) is 0 Å². The highest BCUT2D eigenvalue weighted by atomic mass is 35.5. The van der Waals surface area contributed by atoms with Gasteiger partial charge in [-0.15, -0.1) is 0 Å². The van der Waals surface area contributed by atoms with E-state index in [4.69, 9.17) is 11.6 Å². The summed E-state index contributed by atoms with van der Waals surface area (Å²) in [6.45, 7) is 3.81. The Morgan fingerprint density at radius 3 is 2.71 bits per heavy atom. The molecule has 0 spiro atoms. The van der Waals surface area contributed by atoms with Gasteiger partial charge in [0.1, 0.15) is 12.2 Å². The number of halogens is 3. The van der Waals surface area contributed by atoms with Crippen molar-refractivity contribution >= 4 is 51.8 Å². The van der Waals surface area contributed by atoms with E-state index < -0.39 is 18.5 Å². The maximum absolute atomic E-state index is 13.9. The molecule has 1 aromatic carbocycles. The number of benzene rings is 1. The monoisotopic (exact) mass is 578 g/mol. The van der Waals surface area contributed by atoms with E-state index in [1.54, 1.807) is 17.3 Å². The van der Waals surface area contributed by atoms with Crippen LogP contribution in [0.3, 0.4) is 0 Å². The van der Waals surface area contributed by atoms with Crippen LogP contribution in [-0.2, 0) is 4.79 Å². The summed E-state index contributed by atoms with van der Waals surface area (Å²) in [5.41, 5.74) is 2.68. The lowest BCUT2D eigenvalue weighted by atomic mass is 10.0. The summed E-state index contributed by atoms with van der Waals surface area (Å²) in [7, 11) is 0. The number of rotatable bonds is 7. The van der Waals surface area contributed by atoms with E-state index in [2.05, 4.69) is 37.1 Å². The molecule has 210 valence electrons. The summed E-state index contributed by atoms with van der Waals surface area (Å²) >= 11 is 6.43. The number of pyridine rings is 1. The first-order valence-corrected chi connectivity index (χ1v) is 13.3. The number of likely N-dealkylation sites (tertiary alicyclic amines) is 1. The van der Waals surface area contributed by atoms with Crippen molar-refractivity contribution in [3.63, 3.8) is 0 Å². The Labute approximate surface area is 238 Å². The highest BCUT2D eigenvalue weighted by Crippen LogP contribution is 2.44. The van der Waals surface area contributed by atoms with Crippen LogP contribution >= 0.6 is 11.6 Å². The zero-order valence-corrected chi connectivity index (χ0v) is 22.5. The number of carbonyl (C=O) groups excluding carboxylic acids is 2. The molecule has 0 radical (unpaired) electrons. The van der Waals surface area contributed by atoms with E-state index in [1.807, 2.05) is 18.3 Å². The second-order valence-electron chi connectivity index (χ2n) is 9.88. The van der Waals surface area contributed by atoms with E-state index in [9.17, 15) is 18.4 Å². The van der Waals surface area contributed by atoms with Gasteiger partial charge in [-0.05, 0) is 49.2 Å². The van der Waals surface area contributed by atoms with Crippen LogP contribution in [0, 0.1) is 0 Å². The van der Waals surface area contributed by atoms with Crippen molar-refractivity contribution in [3.05, 3.63) is 72.2 Å². The number of nitrogens with zero attached hydrogens (tertiary/aromatic N) is 5. The molecular weight excluding hydrogens is 554 g/mol. The lowest BCUT2D eigenvalue weighted by Crippen LogP contribution is -2.42. The Hall–Kier alpha value is -4.58. The molecule has 0 bridgehead atoms. The second-order valence-corrected chi connectivity index (χ2v) is 10.3. The Balaban J connectivity index is 1.13. The van der Waals surface area contributed by atoms with Gasteiger partial charge < -0.3 is 25.4 Å². The molecule has 0 saturated carbocycles. The molecule has 41 heavy (non-hydrogen) atoms. The molecule has 2 aliphatic heterocycles. The van der Waals surface area contributed by atoms with Gasteiger partial charge in [-0.3, -0.25) is 9.59 Å². The van der Waals surface area contributed by atoms with Gasteiger partial charge >= 0.3 is 6.05 Å². The van der Waals surface area contributed by atoms with Crippen LogP contribution in [0.1, 0.15) is 23.2 Å². The van der Waals surface area contributed by atoms with E-state index >= 15 is 0 Å². The van der Waals surface area contributed by atoms with Gasteiger partial charge in [-0.2, -0.15) is 8.78 Å². The number of hydrogen-bond donors (Lipinski definition) is 3. The Bertz CT molecular complexity index is 1670. The number of hydrogen-bond acceptors (Lipinski definition) is 7. The first-order valence-electron chi connectivity index (χ1n) is 13.0. The highest BCUT2D eigenvalue weighted by molar-refractivity contribution is 6.33. The van der Waals surface area contributed by atoms with Crippen molar-refractivity contribution < 1.29 is 18.4 Å². The molecule has 0 unspecified atom stereocenters. The summed E-state index contributed by atoms with van der Waals surface area (Å²) in [4.78, 5) is 44.0. The van der Waals surface area contributed by atoms with Gasteiger partial charge in [0.05, 0.1) is 28.3 Å². The zero-order valence-electron chi connectivity index (χ0n) is 21.7. The number of amides is 2. The van der Waals surface area contributed by atoms with Crippen LogP contribution in [-0.4, -0.2) is 68.4 Å². The number of aromatic nitrogens is 4. The first-order chi connectivity index (χ1) is 19.7. The van der Waals surface area contributed by atoms with Crippen molar-refractivity contribution in [2.45, 2.75) is 24.9 Å². The predicted molar refractivity (Wildman–Crippen MR) is 152 cm³/mol. The maximum atomic E-state index is 13.9. The lowest BCUT2D eigenvalue weighted by Gasteiger charge is -2.32. The van der Waals surface area contributed by atoms with Crippen molar-refractivity contribution in [2.75, 3.05) is 35.2 Å². The van der Waals surface area contributed by atoms with Gasteiger partial charge in [0.15, 0.2) is 0 Å². The topological polar surface area (TPSA) is 119 Å². The van der Waals surface area contributed by atoms with Crippen LogP contribution in [0.4, 0.5) is 26.1 Å². The molecule has 13 heteroatoms.